The zero-order chi connectivity index (χ0) is 14.7. The Balaban J connectivity index is 2.26. The van der Waals surface area contributed by atoms with E-state index in [1.807, 2.05) is 26.0 Å². The topological polar surface area (TPSA) is 50.9 Å². The monoisotopic (exact) mass is 277 g/mol. The van der Waals surface area contributed by atoms with Gasteiger partial charge in [0, 0.05) is 11.4 Å². The van der Waals surface area contributed by atoms with Crippen molar-refractivity contribution in [2.45, 2.75) is 26.3 Å². The summed E-state index contributed by atoms with van der Waals surface area (Å²) in [6.45, 7) is 3.81. The van der Waals surface area contributed by atoms with Crippen molar-refractivity contribution in [1.29, 1.82) is 0 Å². The number of nitrogens with two attached hydrogens (primary N) is 1. The minimum absolute atomic E-state index is 0.180. The number of nitrogens with one attached hydrogen (secondary N) is 1. The Labute approximate surface area is 116 Å². The Bertz CT molecular complexity index is 594. The van der Waals surface area contributed by atoms with Crippen molar-refractivity contribution < 1.29 is 8.78 Å². The van der Waals surface area contributed by atoms with E-state index >= 15 is 0 Å². The summed E-state index contributed by atoms with van der Waals surface area (Å²) in [5.74, 6) is 3.89. The number of rotatable bonds is 4. The molecule has 20 heavy (non-hydrogen) atoms. The first-order valence-electron chi connectivity index (χ1n) is 6.35. The van der Waals surface area contributed by atoms with Gasteiger partial charge in [-0.15, -0.1) is 0 Å². The van der Waals surface area contributed by atoms with Gasteiger partial charge in [-0.1, -0.05) is 6.07 Å². The normalized spacial score (nSPS) is 12.4. The summed E-state index contributed by atoms with van der Waals surface area (Å²) in [6, 6.07) is 7.56. The molecule has 0 spiro atoms. The largest absolute Gasteiger partial charge is 0.271 e. The number of pyridine rings is 1. The molecule has 0 saturated carbocycles. The summed E-state index contributed by atoms with van der Waals surface area (Å²) in [7, 11) is 0. The lowest BCUT2D eigenvalue weighted by molar-refractivity contribution is 0.502. The molecule has 0 saturated heterocycles. The van der Waals surface area contributed by atoms with Crippen molar-refractivity contribution in [1.82, 2.24) is 10.4 Å². The lowest BCUT2D eigenvalue weighted by Crippen LogP contribution is -2.29. The quantitative estimate of drug-likeness (QED) is 0.667. The van der Waals surface area contributed by atoms with Crippen LogP contribution >= 0.6 is 0 Å². The third-order valence-electron chi connectivity index (χ3n) is 3.13. The summed E-state index contributed by atoms with van der Waals surface area (Å²) >= 11 is 0. The molecule has 3 N–H and O–H groups in total. The van der Waals surface area contributed by atoms with Crippen LogP contribution < -0.4 is 11.3 Å². The molecule has 0 aliphatic heterocycles. The highest BCUT2D eigenvalue weighted by atomic mass is 19.2. The van der Waals surface area contributed by atoms with Gasteiger partial charge in [0.25, 0.3) is 0 Å². The van der Waals surface area contributed by atoms with Crippen molar-refractivity contribution in [2.24, 2.45) is 5.84 Å². The number of aryl methyl sites for hydroxylation is 2. The van der Waals surface area contributed by atoms with Crippen LogP contribution in [0.15, 0.2) is 30.3 Å². The van der Waals surface area contributed by atoms with Crippen LogP contribution in [0.1, 0.15) is 28.6 Å². The molecular weight excluding hydrogens is 260 g/mol. The van der Waals surface area contributed by atoms with Gasteiger partial charge in [-0.05, 0) is 55.7 Å². The van der Waals surface area contributed by atoms with E-state index in [-0.39, 0.29) is 6.04 Å². The van der Waals surface area contributed by atoms with Crippen molar-refractivity contribution >= 4 is 0 Å². The first kappa shape index (κ1) is 14.6. The summed E-state index contributed by atoms with van der Waals surface area (Å²) < 4.78 is 26.2. The van der Waals surface area contributed by atoms with Crippen LogP contribution in [0, 0.1) is 25.5 Å². The number of benzene rings is 1. The van der Waals surface area contributed by atoms with Gasteiger partial charge in [0.1, 0.15) is 0 Å². The van der Waals surface area contributed by atoms with Crippen molar-refractivity contribution in [3.63, 3.8) is 0 Å². The van der Waals surface area contributed by atoms with E-state index in [0.717, 1.165) is 23.0 Å². The molecule has 0 aliphatic rings. The first-order valence-corrected chi connectivity index (χ1v) is 6.35. The van der Waals surface area contributed by atoms with Gasteiger partial charge in [0.05, 0.1) is 6.04 Å². The van der Waals surface area contributed by atoms with Crippen LogP contribution in [-0.4, -0.2) is 4.98 Å². The highest BCUT2D eigenvalue weighted by Crippen LogP contribution is 2.20. The van der Waals surface area contributed by atoms with Gasteiger partial charge in [0.15, 0.2) is 11.6 Å². The smallest absolute Gasteiger partial charge is 0.159 e. The van der Waals surface area contributed by atoms with Crippen molar-refractivity contribution in [2.75, 3.05) is 0 Å². The van der Waals surface area contributed by atoms with Gasteiger partial charge >= 0.3 is 0 Å². The minimum atomic E-state index is -0.847. The van der Waals surface area contributed by atoms with E-state index in [9.17, 15) is 8.78 Å². The lowest BCUT2D eigenvalue weighted by atomic mass is 9.99. The molecule has 5 heteroatoms. The maximum atomic E-state index is 13.2. The fraction of sp³-hybridized carbons (Fsp3) is 0.267. The molecule has 106 valence electrons. The standard InChI is InChI=1S/C15H17F2N3/c1-9-5-12(6-10(2)19-9)15(20-18)8-11-3-4-13(16)14(17)7-11/h3-7,15,20H,8,18H2,1-2H3. The Morgan fingerprint density at radius 2 is 1.75 bits per heavy atom. The zero-order valence-electron chi connectivity index (χ0n) is 11.5. The molecule has 1 heterocycles. The predicted octanol–water partition coefficient (Wildman–Crippen LogP) is 2.72. The highest BCUT2D eigenvalue weighted by Gasteiger charge is 2.13. The molecule has 1 atom stereocenters. The zero-order valence-corrected chi connectivity index (χ0v) is 11.5. The van der Waals surface area contributed by atoms with E-state index in [2.05, 4.69) is 10.4 Å². The number of hydrogen-bond acceptors (Lipinski definition) is 3. The maximum absolute atomic E-state index is 13.2. The van der Waals surface area contributed by atoms with Crippen LogP contribution in [0.4, 0.5) is 8.78 Å². The molecule has 0 bridgehead atoms. The second kappa shape index (κ2) is 6.07. The van der Waals surface area contributed by atoms with Crippen LogP contribution in [-0.2, 0) is 6.42 Å². The third kappa shape index (κ3) is 3.37. The molecule has 0 fully saturated rings. The average molecular weight is 277 g/mol. The molecule has 1 aromatic carbocycles. The fourth-order valence-corrected chi connectivity index (χ4v) is 2.24. The molecule has 0 aliphatic carbocycles. The third-order valence-corrected chi connectivity index (χ3v) is 3.13. The maximum Gasteiger partial charge on any atom is 0.159 e. The Morgan fingerprint density at radius 1 is 1.10 bits per heavy atom. The first-order chi connectivity index (χ1) is 9.49. The molecule has 1 unspecified atom stereocenters. The van der Waals surface area contributed by atoms with E-state index < -0.39 is 11.6 Å². The van der Waals surface area contributed by atoms with Gasteiger partial charge in [-0.3, -0.25) is 16.3 Å². The highest BCUT2D eigenvalue weighted by molar-refractivity contribution is 5.27. The number of halogens is 2. The molecule has 2 aromatic rings. The number of hydrogen-bond donors (Lipinski definition) is 2. The summed E-state index contributed by atoms with van der Waals surface area (Å²) in [6.07, 6.45) is 0.469. The van der Waals surface area contributed by atoms with Crippen LogP contribution in [0.5, 0.6) is 0 Å². The van der Waals surface area contributed by atoms with Crippen LogP contribution in [0.2, 0.25) is 0 Å². The lowest BCUT2D eigenvalue weighted by Gasteiger charge is -2.17. The van der Waals surface area contributed by atoms with Crippen molar-refractivity contribution in [3.8, 4) is 0 Å². The number of aromatic nitrogens is 1. The summed E-state index contributed by atoms with van der Waals surface area (Å²) in [4.78, 5) is 4.31. The van der Waals surface area contributed by atoms with E-state index in [0.29, 0.717) is 12.0 Å². The van der Waals surface area contributed by atoms with Gasteiger partial charge in [-0.25, -0.2) is 8.78 Å². The molecule has 2 rings (SSSR count). The van der Waals surface area contributed by atoms with E-state index in [4.69, 9.17) is 5.84 Å². The summed E-state index contributed by atoms with van der Waals surface area (Å²) in [5, 5.41) is 0. The Kier molecular flexibility index (Phi) is 4.42. The van der Waals surface area contributed by atoms with E-state index in [1.54, 1.807) is 6.07 Å². The van der Waals surface area contributed by atoms with Gasteiger partial charge < -0.3 is 0 Å². The van der Waals surface area contributed by atoms with Gasteiger partial charge in [0.2, 0.25) is 0 Å². The van der Waals surface area contributed by atoms with Gasteiger partial charge in [-0.2, -0.15) is 0 Å². The fourth-order valence-electron chi connectivity index (χ4n) is 2.24. The minimum Gasteiger partial charge on any atom is -0.271 e. The van der Waals surface area contributed by atoms with Crippen LogP contribution in [0.25, 0.3) is 0 Å². The number of nitrogens with zero attached hydrogens (tertiary/aromatic N) is 1. The molecule has 0 radical (unpaired) electrons. The molecule has 0 amide bonds. The molecular formula is C15H17F2N3. The molecule has 1 aromatic heterocycles. The number of hydrazine groups is 1. The Morgan fingerprint density at radius 3 is 2.30 bits per heavy atom. The predicted molar refractivity (Wildman–Crippen MR) is 73.8 cm³/mol. The second-order valence-electron chi connectivity index (χ2n) is 4.86. The van der Waals surface area contributed by atoms with E-state index in [1.165, 1.54) is 6.07 Å². The van der Waals surface area contributed by atoms with Crippen LogP contribution in [0.3, 0.4) is 0 Å². The second-order valence-corrected chi connectivity index (χ2v) is 4.86. The van der Waals surface area contributed by atoms with Crippen molar-refractivity contribution in [3.05, 3.63) is 64.5 Å². The molecule has 3 nitrogen and oxygen atoms in total. The Hall–Kier alpha value is -1.85. The summed E-state index contributed by atoms with van der Waals surface area (Å²) in [5.41, 5.74) is 6.15. The SMILES string of the molecule is Cc1cc(C(Cc2ccc(F)c(F)c2)NN)cc(C)n1. The average Bonchev–Trinajstić information content (AvgIpc) is 2.38.